The van der Waals surface area contributed by atoms with Gasteiger partial charge in [0, 0.05) is 43.5 Å². The average molecular weight is 382 g/mol. The molecule has 0 bridgehead atoms. The third-order valence-electron chi connectivity index (χ3n) is 5.86. The molecule has 0 unspecified atom stereocenters. The molecule has 28 heavy (non-hydrogen) atoms. The summed E-state index contributed by atoms with van der Waals surface area (Å²) < 4.78 is 4.61. The third kappa shape index (κ3) is 2.59. The van der Waals surface area contributed by atoms with Gasteiger partial charge >= 0.3 is 5.69 Å². The van der Waals surface area contributed by atoms with Gasteiger partial charge in [-0.1, -0.05) is 25.0 Å². The van der Waals surface area contributed by atoms with Crippen molar-refractivity contribution in [2.24, 2.45) is 14.1 Å². The van der Waals surface area contributed by atoms with E-state index >= 15 is 0 Å². The predicted molar refractivity (Wildman–Crippen MR) is 107 cm³/mol. The van der Waals surface area contributed by atoms with Gasteiger partial charge in [-0.3, -0.25) is 24.0 Å². The van der Waals surface area contributed by atoms with Gasteiger partial charge in [-0.05, 0) is 19.8 Å². The van der Waals surface area contributed by atoms with Crippen LogP contribution in [0, 0.1) is 17.0 Å². The van der Waals surface area contributed by atoms with E-state index in [9.17, 15) is 19.7 Å². The SMILES string of the molecule is Cc1ccc(-c2c3c(=O)n(C)c(=O)n(C)c3cn2C2CCCC2)cc1[N+](=O)[O-]. The summed E-state index contributed by atoms with van der Waals surface area (Å²) in [7, 11) is 3.10. The Balaban J connectivity index is 2.13. The Morgan fingerprint density at radius 2 is 1.79 bits per heavy atom. The Labute approximate surface area is 160 Å². The summed E-state index contributed by atoms with van der Waals surface area (Å²) in [5.41, 5.74) is 1.65. The van der Waals surface area contributed by atoms with Crippen LogP contribution in [0.15, 0.2) is 34.0 Å². The Kier molecular flexibility index (Phi) is 4.21. The molecule has 1 aromatic carbocycles. The topological polar surface area (TPSA) is 92.1 Å². The number of benzene rings is 1. The summed E-state index contributed by atoms with van der Waals surface area (Å²) in [5.74, 6) is 0. The average Bonchev–Trinajstić information content (AvgIpc) is 3.32. The highest BCUT2D eigenvalue weighted by atomic mass is 16.6. The normalized spacial score (nSPS) is 14.8. The number of fused-ring (bicyclic) bond motifs is 1. The van der Waals surface area contributed by atoms with Gasteiger partial charge in [0.25, 0.3) is 11.2 Å². The summed E-state index contributed by atoms with van der Waals surface area (Å²) >= 11 is 0. The highest BCUT2D eigenvalue weighted by Crippen LogP contribution is 2.38. The molecule has 0 radical (unpaired) electrons. The van der Waals surface area contributed by atoms with Gasteiger partial charge in [-0.25, -0.2) is 4.79 Å². The highest BCUT2D eigenvalue weighted by Gasteiger charge is 2.26. The van der Waals surface area contributed by atoms with Crippen LogP contribution in [-0.4, -0.2) is 18.6 Å². The van der Waals surface area contributed by atoms with E-state index in [-0.39, 0.29) is 23.0 Å². The number of aryl methyl sites for hydroxylation is 2. The number of hydrogen-bond acceptors (Lipinski definition) is 4. The van der Waals surface area contributed by atoms with Crippen molar-refractivity contribution in [2.45, 2.75) is 38.6 Å². The Morgan fingerprint density at radius 1 is 1.11 bits per heavy atom. The van der Waals surface area contributed by atoms with Crippen LogP contribution in [0.3, 0.4) is 0 Å². The van der Waals surface area contributed by atoms with E-state index in [0.717, 1.165) is 30.3 Å². The number of hydrogen-bond donors (Lipinski definition) is 0. The van der Waals surface area contributed by atoms with Crippen molar-refractivity contribution >= 4 is 16.6 Å². The molecule has 3 aromatic rings. The first-order chi connectivity index (χ1) is 13.3. The Bertz CT molecular complexity index is 1230. The maximum absolute atomic E-state index is 13.0. The molecule has 0 N–H and O–H groups in total. The van der Waals surface area contributed by atoms with Gasteiger partial charge in [-0.15, -0.1) is 0 Å². The number of nitro benzene ring substituents is 1. The van der Waals surface area contributed by atoms with Gasteiger partial charge in [0.1, 0.15) is 0 Å². The van der Waals surface area contributed by atoms with E-state index in [1.54, 1.807) is 20.0 Å². The molecule has 4 rings (SSSR count). The zero-order valence-corrected chi connectivity index (χ0v) is 16.1. The number of aromatic nitrogens is 3. The van der Waals surface area contributed by atoms with E-state index < -0.39 is 4.92 Å². The predicted octanol–water partition coefficient (Wildman–Crippen LogP) is 3.04. The smallest absolute Gasteiger partial charge is 0.330 e. The van der Waals surface area contributed by atoms with Gasteiger partial charge in [-0.2, -0.15) is 0 Å². The first kappa shape index (κ1) is 18.2. The van der Waals surface area contributed by atoms with Gasteiger partial charge in [0.2, 0.25) is 0 Å². The lowest BCUT2D eigenvalue weighted by Gasteiger charge is -2.16. The first-order valence-corrected chi connectivity index (χ1v) is 9.37. The van der Waals surface area contributed by atoms with E-state index in [2.05, 4.69) is 0 Å². The molecular weight excluding hydrogens is 360 g/mol. The van der Waals surface area contributed by atoms with Gasteiger partial charge in [0.05, 0.1) is 21.5 Å². The fourth-order valence-electron chi connectivity index (χ4n) is 4.28. The molecular formula is C20H22N4O4. The molecule has 0 aliphatic heterocycles. The minimum atomic E-state index is -0.405. The van der Waals surface area contributed by atoms with Crippen LogP contribution in [0.2, 0.25) is 0 Å². The molecule has 1 aliphatic carbocycles. The standard InChI is InChI=1S/C20H22N4O4/c1-12-8-9-13(10-15(12)24(27)28)18-17-16(11-23(18)14-6-4-5-7-14)21(2)20(26)22(3)19(17)25/h8-11,14H,4-7H2,1-3H3. The van der Waals surface area contributed by atoms with Crippen LogP contribution < -0.4 is 11.2 Å². The minimum Gasteiger partial charge on any atom is -0.342 e. The van der Waals surface area contributed by atoms with Crippen LogP contribution in [0.25, 0.3) is 22.2 Å². The molecule has 1 saturated carbocycles. The lowest BCUT2D eigenvalue weighted by molar-refractivity contribution is -0.385. The molecule has 1 fully saturated rings. The summed E-state index contributed by atoms with van der Waals surface area (Å²) in [4.78, 5) is 36.5. The van der Waals surface area contributed by atoms with Crippen molar-refractivity contribution in [3.05, 3.63) is 60.9 Å². The molecule has 8 nitrogen and oxygen atoms in total. The molecule has 146 valence electrons. The minimum absolute atomic E-state index is 0.0199. The van der Waals surface area contributed by atoms with Crippen LogP contribution >= 0.6 is 0 Å². The maximum Gasteiger partial charge on any atom is 0.330 e. The summed E-state index contributed by atoms with van der Waals surface area (Å²) in [6, 6.07) is 5.26. The van der Waals surface area contributed by atoms with Crippen molar-refractivity contribution in [3.63, 3.8) is 0 Å². The monoisotopic (exact) mass is 382 g/mol. The van der Waals surface area contributed by atoms with E-state index in [1.165, 1.54) is 17.7 Å². The van der Waals surface area contributed by atoms with E-state index in [0.29, 0.717) is 27.7 Å². The number of nitrogens with zero attached hydrogens (tertiary/aromatic N) is 4. The Morgan fingerprint density at radius 3 is 2.43 bits per heavy atom. The number of rotatable bonds is 3. The number of nitro groups is 1. The van der Waals surface area contributed by atoms with Crippen LogP contribution in [0.4, 0.5) is 5.69 Å². The molecule has 1 aliphatic rings. The Hall–Kier alpha value is -3.16. The summed E-state index contributed by atoms with van der Waals surface area (Å²) in [6.07, 6.45) is 6.02. The fourth-order valence-corrected chi connectivity index (χ4v) is 4.28. The molecule has 2 heterocycles. The second-order valence-electron chi connectivity index (χ2n) is 7.55. The molecule has 0 atom stereocenters. The van der Waals surface area contributed by atoms with Crippen LogP contribution in [-0.2, 0) is 14.1 Å². The zero-order chi connectivity index (χ0) is 20.2. The molecule has 2 aromatic heterocycles. The van der Waals surface area contributed by atoms with Crippen LogP contribution in [0.1, 0.15) is 37.3 Å². The largest absolute Gasteiger partial charge is 0.342 e. The lowest BCUT2D eigenvalue weighted by Crippen LogP contribution is -2.36. The second-order valence-corrected chi connectivity index (χ2v) is 7.55. The first-order valence-electron chi connectivity index (χ1n) is 9.37. The van der Waals surface area contributed by atoms with Gasteiger partial charge < -0.3 is 4.57 Å². The van der Waals surface area contributed by atoms with Crippen molar-refractivity contribution in [3.8, 4) is 11.3 Å². The van der Waals surface area contributed by atoms with E-state index in [4.69, 9.17) is 0 Å². The fraction of sp³-hybridized carbons (Fsp3) is 0.400. The van der Waals surface area contributed by atoms with Gasteiger partial charge in [0.15, 0.2) is 0 Å². The molecule has 8 heteroatoms. The zero-order valence-electron chi connectivity index (χ0n) is 16.1. The van der Waals surface area contributed by atoms with E-state index in [1.807, 2.05) is 16.8 Å². The molecule has 0 amide bonds. The van der Waals surface area contributed by atoms with Crippen molar-refractivity contribution < 1.29 is 4.92 Å². The second kappa shape index (κ2) is 6.47. The quantitative estimate of drug-likeness (QED) is 0.514. The van der Waals surface area contributed by atoms with Crippen molar-refractivity contribution in [1.82, 2.24) is 13.7 Å². The third-order valence-corrected chi connectivity index (χ3v) is 5.86. The summed E-state index contributed by atoms with van der Waals surface area (Å²) in [6.45, 7) is 1.69. The van der Waals surface area contributed by atoms with Crippen molar-refractivity contribution in [1.29, 1.82) is 0 Å². The highest BCUT2D eigenvalue weighted by molar-refractivity contribution is 5.94. The van der Waals surface area contributed by atoms with Crippen LogP contribution in [0.5, 0.6) is 0 Å². The molecule has 0 spiro atoms. The lowest BCUT2D eigenvalue weighted by atomic mass is 10.0. The molecule has 0 saturated heterocycles. The van der Waals surface area contributed by atoms with Crippen molar-refractivity contribution in [2.75, 3.05) is 0 Å². The summed E-state index contributed by atoms with van der Waals surface area (Å²) in [5, 5.41) is 11.9. The maximum atomic E-state index is 13.0.